The van der Waals surface area contributed by atoms with Crippen molar-refractivity contribution < 1.29 is 19.1 Å². The van der Waals surface area contributed by atoms with Gasteiger partial charge in [0.1, 0.15) is 17.5 Å². The Kier molecular flexibility index (Phi) is 4.48. The number of anilines is 1. The lowest BCUT2D eigenvalue weighted by Gasteiger charge is -2.26. The molecule has 2 aromatic rings. The van der Waals surface area contributed by atoms with Crippen LogP contribution < -0.4 is 14.4 Å². The number of benzene rings is 2. The Hall–Kier alpha value is -3.02. The number of hydrogen-bond donors (Lipinski definition) is 0. The largest absolute Gasteiger partial charge is 0.497 e. The molecular weight excluding hydrogens is 344 g/mol. The normalized spacial score (nSPS) is 18.8. The molecule has 0 spiro atoms. The van der Waals surface area contributed by atoms with Gasteiger partial charge in [-0.1, -0.05) is 12.1 Å². The molecule has 6 heteroatoms. The Labute approximate surface area is 158 Å². The molecule has 0 N–H and O–H groups in total. The lowest BCUT2D eigenvalue weighted by molar-refractivity contribution is -0.122. The van der Waals surface area contributed by atoms with Crippen LogP contribution in [0.4, 0.5) is 5.69 Å². The SMILES string of the molecule is COc1ccc(CN2C(=O)[C@@H]3CCCN3C(=O)c3cc(OC)ccc32)cc1. The summed E-state index contributed by atoms with van der Waals surface area (Å²) in [5.41, 5.74) is 2.13. The molecule has 0 unspecified atom stereocenters. The van der Waals surface area contributed by atoms with Crippen molar-refractivity contribution in [3.05, 3.63) is 53.6 Å². The summed E-state index contributed by atoms with van der Waals surface area (Å²) in [7, 11) is 3.19. The molecule has 6 nitrogen and oxygen atoms in total. The van der Waals surface area contributed by atoms with Gasteiger partial charge in [0.05, 0.1) is 32.0 Å². The van der Waals surface area contributed by atoms with E-state index in [9.17, 15) is 9.59 Å². The van der Waals surface area contributed by atoms with Crippen LogP contribution in [0.3, 0.4) is 0 Å². The average molecular weight is 366 g/mol. The van der Waals surface area contributed by atoms with E-state index in [0.717, 1.165) is 17.7 Å². The van der Waals surface area contributed by atoms with Crippen LogP contribution in [0.15, 0.2) is 42.5 Å². The quantitative estimate of drug-likeness (QED) is 0.835. The first-order valence-corrected chi connectivity index (χ1v) is 9.05. The zero-order chi connectivity index (χ0) is 19.0. The highest BCUT2D eigenvalue weighted by Crippen LogP contribution is 2.35. The van der Waals surface area contributed by atoms with Crippen molar-refractivity contribution in [3.63, 3.8) is 0 Å². The minimum atomic E-state index is -0.394. The molecule has 0 aliphatic carbocycles. The summed E-state index contributed by atoms with van der Waals surface area (Å²) in [6.07, 6.45) is 1.55. The van der Waals surface area contributed by atoms with Crippen LogP contribution in [0.2, 0.25) is 0 Å². The first-order valence-electron chi connectivity index (χ1n) is 9.05. The maximum absolute atomic E-state index is 13.3. The van der Waals surface area contributed by atoms with Crippen molar-refractivity contribution in [2.45, 2.75) is 25.4 Å². The van der Waals surface area contributed by atoms with Crippen molar-refractivity contribution in [1.29, 1.82) is 0 Å². The molecule has 0 saturated carbocycles. The average Bonchev–Trinajstić information content (AvgIpc) is 3.18. The zero-order valence-electron chi connectivity index (χ0n) is 15.5. The van der Waals surface area contributed by atoms with Crippen LogP contribution in [0.25, 0.3) is 0 Å². The maximum atomic E-state index is 13.3. The van der Waals surface area contributed by atoms with Crippen molar-refractivity contribution in [1.82, 2.24) is 4.90 Å². The molecule has 0 radical (unpaired) electrons. The summed E-state index contributed by atoms with van der Waals surface area (Å²) >= 11 is 0. The fraction of sp³-hybridized carbons (Fsp3) is 0.333. The van der Waals surface area contributed by atoms with Crippen molar-refractivity contribution in [2.24, 2.45) is 0 Å². The molecular formula is C21H22N2O4. The molecule has 1 atom stereocenters. The number of methoxy groups -OCH3 is 2. The minimum Gasteiger partial charge on any atom is -0.497 e. The van der Waals surface area contributed by atoms with Gasteiger partial charge in [0.15, 0.2) is 0 Å². The number of amides is 2. The summed E-state index contributed by atoms with van der Waals surface area (Å²) in [5.74, 6) is 1.25. The summed E-state index contributed by atoms with van der Waals surface area (Å²) in [6, 6.07) is 12.6. The first kappa shape index (κ1) is 17.4. The number of rotatable bonds is 4. The van der Waals surface area contributed by atoms with Crippen LogP contribution >= 0.6 is 0 Å². The Morgan fingerprint density at radius 1 is 1.00 bits per heavy atom. The second-order valence-corrected chi connectivity index (χ2v) is 6.81. The Balaban J connectivity index is 1.77. The number of carbonyl (C=O) groups is 2. The van der Waals surface area contributed by atoms with Crippen molar-refractivity contribution >= 4 is 17.5 Å². The molecule has 2 amide bonds. The highest BCUT2D eigenvalue weighted by Gasteiger charge is 2.42. The molecule has 140 valence electrons. The van der Waals surface area contributed by atoms with Crippen LogP contribution in [0.1, 0.15) is 28.8 Å². The highest BCUT2D eigenvalue weighted by atomic mass is 16.5. The fourth-order valence-electron chi connectivity index (χ4n) is 3.85. The number of fused-ring (bicyclic) bond motifs is 2. The van der Waals surface area contributed by atoms with Crippen LogP contribution in [0, 0.1) is 0 Å². The summed E-state index contributed by atoms with van der Waals surface area (Å²) in [6.45, 7) is 1.02. The van der Waals surface area contributed by atoms with Crippen molar-refractivity contribution in [2.75, 3.05) is 25.7 Å². The van der Waals surface area contributed by atoms with E-state index in [1.54, 1.807) is 42.2 Å². The second-order valence-electron chi connectivity index (χ2n) is 6.81. The number of carbonyl (C=O) groups excluding carboxylic acids is 2. The van der Waals surface area contributed by atoms with Gasteiger partial charge >= 0.3 is 0 Å². The third-order valence-electron chi connectivity index (χ3n) is 5.29. The molecule has 1 fully saturated rings. The van der Waals surface area contributed by atoms with Gasteiger partial charge in [0.2, 0.25) is 5.91 Å². The van der Waals surface area contributed by atoms with Crippen molar-refractivity contribution in [3.8, 4) is 11.5 Å². The summed E-state index contributed by atoms with van der Waals surface area (Å²) in [5, 5.41) is 0. The minimum absolute atomic E-state index is 0.0272. The third kappa shape index (κ3) is 3.01. The highest BCUT2D eigenvalue weighted by molar-refractivity contribution is 6.11. The Morgan fingerprint density at radius 2 is 1.70 bits per heavy atom. The molecule has 0 aromatic heterocycles. The van der Waals surface area contributed by atoms with E-state index in [4.69, 9.17) is 9.47 Å². The fourth-order valence-corrected chi connectivity index (χ4v) is 3.85. The third-order valence-corrected chi connectivity index (χ3v) is 5.29. The van der Waals surface area contributed by atoms with Gasteiger partial charge in [-0.2, -0.15) is 0 Å². The van der Waals surface area contributed by atoms with Crippen LogP contribution in [0.5, 0.6) is 11.5 Å². The maximum Gasteiger partial charge on any atom is 0.256 e. The summed E-state index contributed by atoms with van der Waals surface area (Å²) < 4.78 is 10.5. The molecule has 4 rings (SSSR count). The molecule has 2 aliphatic heterocycles. The number of nitrogens with zero attached hydrogens (tertiary/aromatic N) is 2. The molecule has 2 aromatic carbocycles. The van der Waals surface area contributed by atoms with E-state index in [0.29, 0.717) is 36.5 Å². The Bertz CT molecular complexity index is 878. The van der Waals surface area contributed by atoms with Gasteiger partial charge in [0, 0.05) is 6.54 Å². The van der Waals surface area contributed by atoms with Gasteiger partial charge in [-0.15, -0.1) is 0 Å². The van der Waals surface area contributed by atoms with Crippen LogP contribution in [-0.2, 0) is 11.3 Å². The van der Waals surface area contributed by atoms with E-state index >= 15 is 0 Å². The zero-order valence-corrected chi connectivity index (χ0v) is 15.5. The van der Waals surface area contributed by atoms with E-state index < -0.39 is 6.04 Å². The lowest BCUT2D eigenvalue weighted by Crippen LogP contribution is -2.44. The first-order chi connectivity index (χ1) is 13.1. The van der Waals surface area contributed by atoms with E-state index in [-0.39, 0.29) is 11.8 Å². The second kappa shape index (κ2) is 6.95. The van der Waals surface area contributed by atoms with Gasteiger partial charge < -0.3 is 19.3 Å². The number of ether oxygens (including phenoxy) is 2. The summed E-state index contributed by atoms with van der Waals surface area (Å²) in [4.78, 5) is 29.8. The van der Waals surface area contributed by atoms with Crippen LogP contribution in [-0.4, -0.2) is 43.5 Å². The molecule has 1 saturated heterocycles. The smallest absolute Gasteiger partial charge is 0.256 e. The van der Waals surface area contributed by atoms with Gasteiger partial charge in [-0.3, -0.25) is 9.59 Å². The number of hydrogen-bond acceptors (Lipinski definition) is 4. The van der Waals surface area contributed by atoms with E-state index in [2.05, 4.69) is 0 Å². The predicted molar refractivity (Wildman–Crippen MR) is 101 cm³/mol. The lowest BCUT2D eigenvalue weighted by atomic mass is 10.1. The molecule has 27 heavy (non-hydrogen) atoms. The van der Waals surface area contributed by atoms with Gasteiger partial charge in [-0.25, -0.2) is 0 Å². The topological polar surface area (TPSA) is 59.1 Å². The standard InChI is InChI=1S/C21H22N2O4/c1-26-15-7-5-14(6-8-15)13-23-18-10-9-16(27-2)12-17(18)20(24)22-11-3-4-19(22)21(23)25/h5-10,12,19H,3-4,11,13H2,1-2H3/t19-/m0/s1. The predicted octanol–water partition coefficient (Wildman–Crippen LogP) is 2.86. The van der Waals surface area contributed by atoms with E-state index in [1.165, 1.54) is 0 Å². The molecule has 0 bridgehead atoms. The monoisotopic (exact) mass is 366 g/mol. The van der Waals surface area contributed by atoms with E-state index in [1.807, 2.05) is 24.3 Å². The van der Waals surface area contributed by atoms with Gasteiger partial charge in [0.25, 0.3) is 5.91 Å². The molecule has 2 aliphatic rings. The molecule has 2 heterocycles. The van der Waals surface area contributed by atoms with Gasteiger partial charge in [-0.05, 0) is 48.7 Å². The Morgan fingerprint density at radius 3 is 2.41 bits per heavy atom.